The Morgan fingerprint density at radius 1 is 1.13 bits per heavy atom. The average Bonchev–Trinajstić information content (AvgIpc) is 2.79. The van der Waals surface area contributed by atoms with Gasteiger partial charge in [-0.15, -0.1) is 0 Å². The molecule has 0 unspecified atom stereocenters. The Hall–Kier alpha value is -1.98. The molecule has 0 aromatic heterocycles. The standard InChI is InChI=1S/C18H14FNOS2/c1-11-7-8-14(9-12(11)2)20-17(21)16(23-18(20)22)10-13-5-3-4-6-15(13)19/h3-10H,1-2H3/b16-10+. The molecule has 1 heterocycles. The minimum atomic E-state index is -0.357. The highest BCUT2D eigenvalue weighted by atomic mass is 32.2. The molecule has 1 saturated heterocycles. The van der Waals surface area contributed by atoms with Crippen molar-refractivity contribution in [3.05, 3.63) is 69.9 Å². The largest absolute Gasteiger partial charge is 0.270 e. The van der Waals surface area contributed by atoms with Gasteiger partial charge < -0.3 is 0 Å². The summed E-state index contributed by atoms with van der Waals surface area (Å²) in [4.78, 5) is 14.6. The van der Waals surface area contributed by atoms with E-state index in [1.807, 2.05) is 32.0 Å². The van der Waals surface area contributed by atoms with Crippen LogP contribution in [0.4, 0.5) is 10.1 Å². The van der Waals surface area contributed by atoms with Gasteiger partial charge in [0, 0.05) is 5.56 Å². The van der Waals surface area contributed by atoms with Crippen molar-refractivity contribution in [2.45, 2.75) is 13.8 Å². The Morgan fingerprint density at radius 3 is 2.57 bits per heavy atom. The van der Waals surface area contributed by atoms with Crippen molar-refractivity contribution in [3.63, 3.8) is 0 Å². The van der Waals surface area contributed by atoms with E-state index in [9.17, 15) is 9.18 Å². The van der Waals surface area contributed by atoms with E-state index in [4.69, 9.17) is 12.2 Å². The molecule has 0 spiro atoms. The number of carbonyl (C=O) groups is 1. The lowest BCUT2D eigenvalue weighted by atomic mass is 10.1. The zero-order valence-corrected chi connectivity index (χ0v) is 14.3. The van der Waals surface area contributed by atoms with Gasteiger partial charge in [-0.2, -0.15) is 0 Å². The fourth-order valence-corrected chi connectivity index (χ4v) is 3.58. The van der Waals surface area contributed by atoms with Gasteiger partial charge in [-0.05, 0) is 49.2 Å². The third-order valence-electron chi connectivity index (χ3n) is 3.73. The molecule has 0 atom stereocenters. The van der Waals surface area contributed by atoms with E-state index in [2.05, 4.69) is 0 Å². The Bertz CT molecular complexity index is 845. The Balaban J connectivity index is 1.97. The first-order chi connectivity index (χ1) is 11.0. The zero-order chi connectivity index (χ0) is 16.6. The SMILES string of the molecule is Cc1ccc(N2C(=O)/C(=C\c3ccccc3F)SC2=S)cc1C. The summed E-state index contributed by atoms with van der Waals surface area (Å²) in [5.74, 6) is -0.574. The van der Waals surface area contributed by atoms with E-state index >= 15 is 0 Å². The molecule has 3 rings (SSSR count). The second-order valence-electron chi connectivity index (χ2n) is 5.31. The second-order valence-corrected chi connectivity index (χ2v) is 6.98. The number of thioether (sulfide) groups is 1. The van der Waals surface area contributed by atoms with Crippen molar-refractivity contribution in [3.8, 4) is 0 Å². The maximum Gasteiger partial charge on any atom is 0.270 e. The van der Waals surface area contributed by atoms with Crippen LogP contribution < -0.4 is 4.90 Å². The first kappa shape index (κ1) is 15.9. The number of hydrogen-bond donors (Lipinski definition) is 0. The molecule has 0 radical (unpaired) electrons. The number of halogens is 1. The van der Waals surface area contributed by atoms with Gasteiger partial charge in [0.15, 0.2) is 4.32 Å². The summed E-state index contributed by atoms with van der Waals surface area (Å²) in [7, 11) is 0. The predicted octanol–water partition coefficient (Wildman–Crippen LogP) is 4.85. The maximum atomic E-state index is 13.8. The average molecular weight is 343 g/mol. The lowest BCUT2D eigenvalue weighted by Crippen LogP contribution is -2.27. The van der Waals surface area contributed by atoms with Crippen LogP contribution in [0.3, 0.4) is 0 Å². The van der Waals surface area contributed by atoms with E-state index in [1.54, 1.807) is 24.3 Å². The van der Waals surface area contributed by atoms with Gasteiger partial charge in [0.2, 0.25) is 0 Å². The molecule has 0 N–H and O–H groups in total. The molecule has 0 saturated carbocycles. The van der Waals surface area contributed by atoms with Crippen LogP contribution in [0.5, 0.6) is 0 Å². The topological polar surface area (TPSA) is 20.3 Å². The summed E-state index contributed by atoms with van der Waals surface area (Å²) in [5, 5.41) is 0. The molecular formula is C18H14FNOS2. The van der Waals surface area contributed by atoms with Crippen LogP contribution in [-0.2, 0) is 4.79 Å². The summed E-state index contributed by atoms with van der Waals surface area (Å²) < 4.78 is 14.2. The summed E-state index contributed by atoms with van der Waals surface area (Å²) >= 11 is 6.53. The summed E-state index contributed by atoms with van der Waals surface area (Å²) in [5.41, 5.74) is 3.37. The van der Waals surface area contributed by atoms with E-state index < -0.39 is 0 Å². The number of carbonyl (C=O) groups excluding carboxylic acids is 1. The number of rotatable bonds is 2. The van der Waals surface area contributed by atoms with Crippen molar-refractivity contribution in [2.75, 3.05) is 4.90 Å². The summed E-state index contributed by atoms with van der Waals surface area (Å²) in [6.45, 7) is 4.01. The fraction of sp³-hybridized carbons (Fsp3) is 0.111. The van der Waals surface area contributed by atoms with Gasteiger partial charge in [-0.25, -0.2) is 4.39 Å². The van der Waals surface area contributed by atoms with Crippen molar-refractivity contribution in [1.82, 2.24) is 0 Å². The minimum Gasteiger partial charge on any atom is -0.268 e. The Kier molecular flexibility index (Phi) is 4.33. The smallest absolute Gasteiger partial charge is 0.268 e. The third kappa shape index (κ3) is 3.07. The molecule has 0 bridgehead atoms. The molecule has 116 valence electrons. The molecule has 2 aromatic carbocycles. The summed E-state index contributed by atoms with van der Waals surface area (Å²) in [6, 6.07) is 12.1. The van der Waals surface area contributed by atoms with Crippen LogP contribution in [0.1, 0.15) is 16.7 Å². The van der Waals surface area contributed by atoms with Crippen LogP contribution in [-0.4, -0.2) is 10.2 Å². The van der Waals surface area contributed by atoms with Gasteiger partial charge in [0.25, 0.3) is 5.91 Å². The Morgan fingerprint density at radius 2 is 1.87 bits per heavy atom. The fourth-order valence-electron chi connectivity index (χ4n) is 2.29. The number of anilines is 1. The highest BCUT2D eigenvalue weighted by Gasteiger charge is 2.33. The van der Waals surface area contributed by atoms with Gasteiger partial charge in [-0.3, -0.25) is 9.69 Å². The third-order valence-corrected chi connectivity index (χ3v) is 5.04. The lowest BCUT2D eigenvalue weighted by Gasteiger charge is -2.15. The molecule has 1 fully saturated rings. The van der Waals surface area contributed by atoms with E-state index in [-0.39, 0.29) is 11.7 Å². The second kappa shape index (κ2) is 6.26. The summed E-state index contributed by atoms with van der Waals surface area (Å²) in [6.07, 6.45) is 1.55. The monoisotopic (exact) mass is 343 g/mol. The predicted molar refractivity (Wildman–Crippen MR) is 98.0 cm³/mol. The number of nitrogens with zero attached hydrogens (tertiary/aromatic N) is 1. The molecule has 2 nitrogen and oxygen atoms in total. The molecule has 1 aliphatic heterocycles. The molecule has 2 aromatic rings. The van der Waals surface area contributed by atoms with Crippen molar-refractivity contribution >= 4 is 46.0 Å². The molecule has 1 aliphatic rings. The number of thiocarbonyl (C=S) groups is 1. The lowest BCUT2D eigenvalue weighted by molar-refractivity contribution is -0.113. The molecule has 1 amide bonds. The van der Waals surface area contributed by atoms with Crippen LogP contribution in [0.15, 0.2) is 47.4 Å². The zero-order valence-electron chi connectivity index (χ0n) is 12.7. The number of hydrogen-bond acceptors (Lipinski definition) is 3. The highest BCUT2D eigenvalue weighted by Crippen LogP contribution is 2.36. The number of benzene rings is 2. The van der Waals surface area contributed by atoms with Crippen LogP contribution in [0.25, 0.3) is 6.08 Å². The molecule has 5 heteroatoms. The normalized spacial score (nSPS) is 16.5. The van der Waals surface area contributed by atoms with E-state index in [1.165, 1.54) is 22.7 Å². The molecular weight excluding hydrogens is 329 g/mol. The number of amides is 1. The van der Waals surface area contributed by atoms with Crippen LogP contribution in [0, 0.1) is 19.7 Å². The molecule has 23 heavy (non-hydrogen) atoms. The quantitative estimate of drug-likeness (QED) is 0.574. The van der Waals surface area contributed by atoms with Gasteiger partial charge in [0.05, 0.1) is 10.6 Å². The minimum absolute atomic E-state index is 0.216. The van der Waals surface area contributed by atoms with Crippen molar-refractivity contribution in [1.29, 1.82) is 0 Å². The van der Waals surface area contributed by atoms with Crippen molar-refractivity contribution in [2.24, 2.45) is 0 Å². The van der Waals surface area contributed by atoms with Gasteiger partial charge in [0.1, 0.15) is 5.82 Å². The van der Waals surface area contributed by atoms with E-state index in [0.29, 0.717) is 14.8 Å². The Labute approximate surface area is 144 Å². The van der Waals surface area contributed by atoms with Crippen LogP contribution in [0.2, 0.25) is 0 Å². The van der Waals surface area contributed by atoms with E-state index in [0.717, 1.165) is 16.8 Å². The van der Waals surface area contributed by atoms with Gasteiger partial charge in [-0.1, -0.05) is 48.2 Å². The van der Waals surface area contributed by atoms with Crippen molar-refractivity contribution < 1.29 is 9.18 Å². The first-order valence-corrected chi connectivity index (χ1v) is 8.29. The highest BCUT2D eigenvalue weighted by molar-refractivity contribution is 8.27. The van der Waals surface area contributed by atoms with Crippen LogP contribution >= 0.6 is 24.0 Å². The molecule has 0 aliphatic carbocycles. The maximum absolute atomic E-state index is 13.8. The number of aryl methyl sites for hydroxylation is 2. The first-order valence-electron chi connectivity index (χ1n) is 7.07. The van der Waals surface area contributed by atoms with Gasteiger partial charge >= 0.3 is 0 Å².